The maximum atomic E-state index is 15.7. The van der Waals surface area contributed by atoms with Crippen molar-refractivity contribution in [3.05, 3.63) is 125 Å². The van der Waals surface area contributed by atoms with Crippen molar-refractivity contribution in [3.63, 3.8) is 0 Å². The molecule has 6 nitrogen and oxygen atoms in total. The van der Waals surface area contributed by atoms with Gasteiger partial charge in [0.05, 0.1) is 17.8 Å². The van der Waals surface area contributed by atoms with Crippen LogP contribution in [0.25, 0.3) is 16.7 Å². The number of nitrogens with zero attached hydrogens (tertiary/aromatic N) is 5. The van der Waals surface area contributed by atoms with Crippen molar-refractivity contribution >= 4 is 16.7 Å². The third-order valence-electron chi connectivity index (χ3n) is 7.08. The summed E-state index contributed by atoms with van der Waals surface area (Å²) in [6.07, 6.45) is 3.17. The summed E-state index contributed by atoms with van der Waals surface area (Å²) < 4.78 is 60.9. The van der Waals surface area contributed by atoms with Gasteiger partial charge in [0.15, 0.2) is 17.5 Å². The van der Waals surface area contributed by atoms with Crippen LogP contribution in [0.2, 0.25) is 0 Å². The van der Waals surface area contributed by atoms with E-state index >= 15 is 8.78 Å². The zero-order valence-electron chi connectivity index (χ0n) is 26.0. The Morgan fingerprint density at radius 2 is 1.73 bits per heavy atom. The molecule has 1 N–H and O–H groups in total. The molecule has 0 fully saturated rings. The molecule has 0 spiro atoms. The van der Waals surface area contributed by atoms with Gasteiger partial charge < -0.3 is 10.3 Å². The molecule has 0 saturated heterocycles. The van der Waals surface area contributed by atoms with E-state index in [2.05, 4.69) is 49.6 Å². The van der Waals surface area contributed by atoms with Crippen LogP contribution in [0.3, 0.4) is 0 Å². The monoisotopic (exact) mass is 606 g/mol. The molecule has 0 atom stereocenters. The van der Waals surface area contributed by atoms with Crippen molar-refractivity contribution < 1.29 is 17.6 Å². The smallest absolute Gasteiger partial charge is 0.163 e. The van der Waals surface area contributed by atoms with E-state index in [9.17, 15) is 8.78 Å². The second kappa shape index (κ2) is 13.1. The number of halogens is 4. The van der Waals surface area contributed by atoms with Crippen molar-refractivity contribution in [2.45, 2.75) is 47.1 Å². The lowest BCUT2D eigenvalue weighted by atomic mass is 9.85. The van der Waals surface area contributed by atoms with E-state index < -0.39 is 23.3 Å². The molecule has 0 aliphatic heterocycles. The highest BCUT2D eigenvalue weighted by Crippen LogP contribution is 2.34. The largest absolute Gasteiger partial charge is 0.356 e. The van der Waals surface area contributed by atoms with E-state index in [-0.39, 0.29) is 35.3 Å². The van der Waals surface area contributed by atoms with E-state index in [1.807, 2.05) is 6.92 Å². The summed E-state index contributed by atoms with van der Waals surface area (Å²) in [4.78, 5) is 0. The standard InChI is InChI=1S/C34H38F4N6/c1-21(19-34(4,5)6)31(23(3)43(42(7)8)20-24-12-11-13-26(35)32(24)38)22(2)39-25-16-17-27(36)33(28(37)18-25)44-30-15-10-9-14-29(30)40-41-44/h9-16,18,39H,2-3,17,19-20H2,1,4-8H3/b31-21-. The molecule has 2 aromatic carbocycles. The van der Waals surface area contributed by atoms with Gasteiger partial charge in [-0.1, -0.05) is 75.1 Å². The predicted molar refractivity (Wildman–Crippen MR) is 168 cm³/mol. The molecule has 0 unspecified atom stereocenters. The molecule has 0 bridgehead atoms. The van der Waals surface area contributed by atoms with Crippen LogP contribution in [0.15, 0.2) is 108 Å². The van der Waals surface area contributed by atoms with E-state index in [4.69, 9.17) is 0 Å². The number of para-hydroxylation sites is 1. The van der Waals surface area contributed by atoms with Gasteiger partial charge in [0.2, 0.25) is 0 Å². The summed E-state index contributed by atoms with van der Waals surface area (Å²) in [5.41, 5.74) is 3.38. The second-order valence-electron chi connectivity index (χ2n) is 12.2. The lowest BCUT2D eigenvalue weighted by Gasteiger charge is -2.36. The number of allylic oxidation sites excluding steroid dienone is 6. The van der Waals surface area contributed by atoms with Crippen molar-refractivity contribution in [2.24, 2.45) is 5.41 Å². The number of benzene rings is 2. The number of fused-ring (bicyclic) bond motifs is 1. The molecule has 1 aliphatic rings. The molecule has 1 heterocycles. The molecular formula is C34H38F4N6. The van der Waals surface area contributed by atoms with Gasteiger partial charge in [-0.15, -0.1) is 5.10 Å². The average Bonchev–Trinajstić information content (AvgIpc) is 3.29. The first-order chi connectivity index (χ1) is 20.7. The molecule has 232 valence electrons. The lowest BCUT2D eigenvalue weighted by Crippen LogP contribution is -2.37. The minimum Gasteiger partial charge on any atom is -0.356 e. The Labute approximate surface area is 256 Å². The molecule has 10 heteroatoms. The topological polar surface area (TPSA) is 49.2 Å². The van der Waals surface area contributed by atoms with Gasteiger partial charge in [-0.05, 0) is 43.0 Å². The summed E-state index contributed by atoms with van der Waals surface area (Å²) in [7, 11) is 3.54. The number of hydrogen-bond donors (Lipinski definition) is 1. The minimum atomic E-state index is -0.939. The number of aromatic nitrogens is 3. The third-order valence-corrected chi connectivity index (χ3v) is 7.08. The fourth-order valence-electron chi connectivity index (χ4n) is 5.26. The number of rotatable bonds is 10. The van der Waals surface area contributed by atoms with Crippen molar-refractivity contribution in [1.82, 2.24) is 30.3 Å². The van der Waals surface area contributed by atoms with Gasteiger partial charge in [0.1, 0.15) is 17.0 Å². The first kappa shape index (κ1) is 32.5. The molecule has 3 aromatic rings. The van der Waals surface area contributed by atoms with Crippen molar-refractivity contribution in [1.29, 1.82) is 0 Å². The van der Waals surface area contributed by atoms with Gasteiger partial charge in [0, 0.05) is 43.0 Å². The van der Waals surface area contributed by atoms with Crippen LogP contribution in [0.5, 0.6) is 0 Å². The van der Waals surface area contributed by atoms with Crippen molar-refractivity contribution in [2.75, 3.05) is 14.1 Å². The molecule has 0 amide bonds. The summed E-state index contributed by atoms with van der Waals surface area (Å²) in [5.74, 6) is -3.42. The van der Waals surface area contributed by atoms with Crippen LogP contribution in [0, 0.1) is 17.0 Å². The first-order valence-electron chi connectivity index (χ1n) is 14.2. The normalized spacial score (nSPS) is 14.7. The highest BCUT2D eigenvalue weighted by atomic mass is 19.2. The van der Waals surface area contributed by atoms with Crippen LogP contribution in [-0.2, 0) is 6.54 Å². The Balaban J connectivity index is 1.68. The minimum absolute atomic E-state index is 0.00339. The molecule has 1 aromatic heterocycles. The van der Waals surface area contributed by atoms with Crippen LogP contribution in [-0.4, -0.2) is 39.1 Å². The predicted octanol–water partition coefficient (Wildman–Crippen LogP) is 8.34. The average molecular weight is 607 g/mol. The van der Waals surface area contributed by atoms with Gasteiger partial charge in [-0.2, -0.15) is 0 Å². The Morgan fingerprint density at radius 3 is 2.41 bits per heavy atom. The zero-order chi connectivity index (χ0) is 32.3. The highest BCUT2D eigenvalue weighted by Gasteiger charge is 2.25. The SMILES string of the molecule is C=C(NC1=CCC(F)=C(n2nnc3ccccc32)C(F)=C1)/C(C(=C)N(Cc1cccc(F)c1F)N(C)C)=C(\C)CC(C)(C)C. The van der Waals surface area contributed by atoms with Gasteiger partial charge in [0.25, 0.3) is 0 Å². The Morgan fingerprint density at radius 1 is 1.02 bits per heavy atom. The van der Waals surface area contributed by atoms with E-state index in [1.54, 1.807) is 48.4 Å². The molecule has 0 saturated carbocycles. The fraction of sp³-hybridized carbons (Fsp3) is 0.294. The summed E-state index contributed by atoms with van der Waals surface area (Å²) in [5, 5.41) is 14.6. The molecule has 4 rings (SSSR count). The third kappa shape index (κ3) is 7.19. The van der Waals surface area contributed by atoms with Crippen LogP contribution >= 0.6 is 0 Å². The number of nitrogens with one attached hydrogen (secondary N) is 1. The highest BCUT2D eigenvalue weighted by molar-refractivity contribution is 5.81. The van der Waals surface area contributed by atoms with Crippen LogP contribution in [0.1, 0.15) is 46.1 Å². The summed E-state index contributed by atoms with van der Waals surface area (Å²) in [6, 6.07) is 11.0. The van der Waals surface area contributed by atoms with Crippen molar-refractivity contribution in [3.8, 4) is 0 Å². The molecule has 44 heavy (non-hydrogen) atoms. The summed E-state index contributed by atoms with van der Waals surface area (Å²) >= 11 is 0. The Hall–Kier alpha value is -4.44. The second-order valence-corrected chi connectivity index (χ2v) is 12.2. The van der Waals surface area contributed by atoms with E-state index in [0.717, 1.165) is 16.3 Å². The molecule has 0 radical (unpaired) electrons. The van der Waals surface area contributed by atoms with Gasteiger partial charge in [-0.3, -0.25) is 0 Å². The maximum absolute atomic E-state index is 15.7. The van der Waals surface area contributed by atoms with Crippen LogP contribution in [0.4, 0.5) is 17.6 Å². The lowest BCUT2D eigenvalue weighted by molar-refractivity contribution is 0.0594. The van der Waals surface area contributed by atoms with Crippen LogP contribution < -0.4 is 5.32 Å². The van der Waals surface area contributed by atoms with Gasteiger partial charge >= 0.3 is 0 Å². The number of hydrazine groups is 1. The quantitative estimate of drug-likeness (QED) is 0.143. The number of hydrogen-bond acceptors (Lipinski definition) is 5. The summed E-state index contributed by atoms with van der Waals surface area (Å²) in [6.45, 7) is 16.8. The Kier molecular flexibility index (Phi) is 9.63. The molecule has 1 aliphatic carbocycles. The zero-order valence-corrected chi connectivity index (χ0v) is 26.0. The maximum Gasteiger partial charge on any atom is 0.163 e. The molecular weight excluding hydrogens is 568 g/mol. The first-order valence-corrected chi connectivity index (χ1v) is 14.2. The van der Waals surface area contributed by atoms with E-state index in [0.29, 0.717) is 34.4 Å². The van der Waals surface area contributed by atoms with Gasteiger partial charge in [-0.25, -0.2) is 27.3 Å². The van der Waals surface area contributed by atoms with E-state index in [1.165, 1.54) is 24.3 Å². The Bertz CT molecular complexity index is 1720. The fourth-order valence-corrected chi connectivity index (χ4v) is 5.26.